The van der Waals surface area contributed by atoms with Gasteiger partial charge in [0, 0.05) is 30.9 Å². The van der Waals surface area contributed by atoms with E-state index in [4.69, 9.17) is 24.5 Å². The lowest BCUT2D eigenvalue weighted by Gasteiger charge is -2.33. The third kappa shape index (κ3) is 5.52. The third-order valence-electron chi connectivity index (χ3n) is 9.38. The van der Waals surface area contributed by atoms with Gasteiger partial charge in [-0.05, 0) is 74.7 Å². The molecule has 246 valence electrons. The van der Waals surface area contributed by atoms with Gasteiger partial charge in [-0.15, -0.1) is 0 Å². The van der Waals surface area contributed by atoms with Gasteiger partial charge < -0.3 is 18.8 Å². The Bertz CT molecular complexity index is 2020. The zero-order valence-electron chi connectivity index (χ0n) is 26.0. The van der Waals surface area contributed by atoms with E-state index >= 15 is 0 Å². The number of aromatic amines is 1. The average Bonchev–Trinajstić information content (AvgIpc) is 3.78. The molecule has 3 aromatic heterocycles. The molecule has 0 bridgehead atoms. The zero-order chi connectivity index (χ0) is 33.0. The number of fused-ring (bicyclic) bond motifs is 2. The van der Waals surface area contributed by atoms with E-state index in [9.17, 15) is 13.2 Å². The first kappa shape index (κ1) is 30.3. The monoisotopic (exact) mass is 656 g/mol. The molecule has 14 heteroatoms. The van der Waals surface area contributed by atoms with Crippen LogP contribution in [0.25, 0.3) is 22.4 Å². The second-order valence-corrected chi connectivity index (χ2v) is 12.5. The molecule has 0 amide bonds. The molecule has 3 aliphatic rings. The summed E-state index contributed by atoms with van der Waals surface area (Å²) in [5.41, 5.74) is 4.18. The van der Waals surface area contributed by atoms with Gasteiger partial charge in [-0.3, -0.25) is 15.0 Å². The topological polar surface area (TPSA) is 127 Å². The fourth-order valence-corrected chi connectivity index (χ4v) is 6.70. The summed E-state index contributed by atoms with van der Waals surface area (Å²) in [7, 11) is 0. The van der Waals surface area contributed by atoms with E-state index in [-0.39, 0.29) is 17.8 Å². The maximum atomic E-state index is 13.1. The van der Waals surface area contributed by atoms with Crippen LogP contribution in [0.4, 0.5) is 13.2 Å². The predicted molar refractivity (Wildman–Crippen MR) is 166 cm³/mol. The summed E-state index contributed by atoms with van der Waals surface area (Å²) in [4.78, 5) is 15.4. The second kappa shape index (κ2) is 11.6. The Hall–Kier alpha value is -5.00. The summed E-state index contributed by atoms with van der Waals surface area (Å²) in [6, 6.07) is 16.9. The molecule has 3 aliphatic heterocycles. The van der Waals surface area contributed by atoms with Gasteiger partial charge in [0.15, 0.2) is 17.3 Å². The predicted octanol–water partition coefficient (Wildman–Crippen LogP) is 5.92. The minimum absolute atomic E-state index is 0.0278. The molecular formula is C34H31F3N8O3. The number of nitrogens with zero attached hydrogens (tertiary/aromatic N) is 7. The summed E-state index contributed by atoms with van der Waals surface area (Å²) in [5.74, 6) is 0.301. The molecule has 48 heavy (non-hydrogen) atoms. The van der Waals surface area contributed by atoms with E-state index in [1.165, 1.54) is 6.20 Å². The Balaban J connectivity index is 0.992. The first-order valence-electron chi connectivity index (χ1n) is 15.9. The number of piperidine rings is 1. The van der Waals surface area contributed by atoms with Gasteiger partial charge in [-0.2, -0.15) is 23.5 Å². The van der Waals surface area contributed by atoms with Crippen LogP contribution >= 0.6 is 0 Å². The Kier molecular flexibility index (Phi) is 7.34. The van der Waals surface area contributed by atoms with Crippen LogP contribution in [0.15, 0.2) is 54.7 Å². The van der Waals surface area contributed by atoms with Crippen LogP contribution in [0, 0.1) is 11.3 Å². The van der Waals surface area contributed by atoms with Crippen LogP contribution in [0.1, 0.15) is 60.6 Å². The minimum atomic E-state index is -4.61. The highest BCUT2D eigenvalue weighted by atomic mass is 19.4. The normalized spacial score (nSPS) is 21.4. The number of hydrogen-bond acceptors (Lipinski definition) is 9. The number of pyridine rings is 1. The summed E-state index contributed by atoms with van der Waals surface area (Å²) >= 11 is 0. The van der Waals surface area contributed by atoms with E-state index in [1.807, 2.05) is 30.2 Å². The standard InChI is InChI=1S/C34H31F3N8O3/c1-33(28-8-5-20(16-38)17-39-28)47-27-4-2-3-24(30(27)48-33)21-9-12-44(13-10-21)19-29-40-25-15-22(31-41-32(43-42-31)34(35,36)37)6-7-26(25)45(29)18-23-11-14-46-23/h2-8,15,17,21,23H,9-14,18-19H2,1H3,(H,41,42,43)/t23-,33?/m0/s1. The SMILES string of the molecule is CC1(c2ccc(C#N)cn2)Oc2cccc(C3CCN(Cc4nc5cc(-c6n[nH]c(C(F)(F)F)n6)ccc5n4C[C@@H]4CCO4)CC3)c2O1. The van der Waals surface area contributed by atoms with E-state index in [0.717, 1.165) is 61.6 Å². The molecule has 1 N–H and O–H groups in total. The van der Waals surface area contributed by atoms with Crippen molar-refractivity contribution >= 4 is 11.0 Å². The first-order valence-corrected chi connectivity index (χ1v) is 15.9. The largest absolute Gasteiger partial charge is 0.451 e. The molecule has 6 heterocycles. The van der Waals surface area contributed by atoms with Crippen molar-refractivity contribution < 1.29 is 27.4 Å². The molecule has 8 rings (SSSR count). The van der Waals surface area contributed by atoms with Gasteiger partial charge >= 0.3 is 6.18 Å². The fourth-order valence-electron chi connectivity index (χ4n) is 6.70. The van der Waals surface area contributed by atoms with Crippen molar-refractivity contribution in [2.45, 2.75) is 63.3 Å². The summed E-state index contributed by atoms with van der Waals surface area (Å²) in [6.45, 7) is 5.53. The summed E-state index contributed by atoms with van der Waals surface area (Å²) in [5, 5.41) is 14.9. The van der Waals surface area contributed by atoms with Crippen LogP contribution < -0.4 is 9.47 Å². The number of halogens is 3. The van der Waals surface area contributed by atoms with Gasteiger partial charge in [0.1, 0.15) is 17.6 Å². The number of ether oxygens (including phenoxy) is 3. The van der Waals surface area contributed by atoms with E-state index in [2.05, 4.69) is 36.7 Å². The maximum Gasteiger partial charge on any atom is 0.451 e. The Morgan fingerprint density at radius 1 is 1.06 bits per heavy atom. The van der Waals surface area contributed by atoms with Crippen molar-refractivity contribution in [3.63, 3.8) is 0 Å². The number of nitrogens with one attached hydrogen (secondary N) is 1. The quantitative estimate of drug-likeness (QED) is 0.227. The molecule has 2 fully saturated rings. The number of para-hydroxylation sites is 1. The number of H-pyrrole nitrogens is 1. The van der Waals surface area contributed by atoms with Crippen molar-refractivity contribution in [3.8, 4) is 29.0 Å². The molecule has 2 saturated heterocycles. The Labute approximate surface area is 273 Å². The Morgan fingerprint density at radius 3 is 2.58 bits per heavy atom. The summed E-state index contributed by atoms with van der Waals surface area (Å²) in [6.07, 6.45) is -0.203. The lowest BCUT2D eigenvalue weighted by molar-refractivity contribution is -0.144. The van der Waals surface area contributed by atoms with Crippen molar-refractivity contribution in [2.24, 2.45) is 0 Å². The van der Waals surface area contributed by atoms with Crippen molar-refractivity contribution in [1.82, 2.24) is 34.6 Å². The second-order valence-electron chi connectivity index (χ2n) is 12.5. The maximum absolute atomic E-state index is 13.1. The molecule has 0 aliphatic carbocycles. The number of hydrogen-bond donors (Lipinski definition) is 1. The summed E-state index contributed by atoms with van der Waals surface area (Å²) < 4.78 is 60.0. The van der Waals surface area contributed by atoms with Gasteiger partial charge in [0.2, 0.25) is 5.82 Å². The third-order valence-corrected chi connectivity index (χ3v) is 9.38. The number of likely N-dealkylation sites (tertiary alicyclic amines) is 1. The van der Waals surface area contributed by atoms with E-state index in [0.29, 0.717) is 41.2 Å². The van der Waals surface area contributed by atoms with Crippen LogP contribution in [-0.2, 0) is 29.8 Å². The number of rotatable bonds is 7. The van der Waals surface area contributed by atoms with Gasteiger partial charge in [-0.25, -0.2) is 9.97 Å². The minimum Gasteiger partial charge on any atom is -0.443 e. The van der Waals surface area contributed by atoms with Crippen LogP contribution in [0.3, 0.4) is 0 Å². The lowest BCUT2D eigenvalue weighted by Crippen LogP contribution is -2.35. The van der Waals surface area contributed by atoms with Crippen molar-refractivity contribution in [1.29, 1.82) is 5.26 Å². The smallest absolute Gasteiger partial charge is 0.443 e. The molecule has 0 radical (unpaired) electrons. The van der Waals surface area contributed by atoms with Crippen LogP contribution in [-0.4, -0.2) is 60.4 Å². The molecule has 1 unspecified atom stereocenters. The fraction of sp³-hybridized carbons (Fsp3) is 0.382. The highest BCUT2D eigenvalue weighted by Crippen LogP contribution is 2.49. The van der Waals surface area contributed by atoms with Crippen LogP contribution in [0.2, 0.25) is 0 Å². The highest BCUT2D eigenvalue weighted by Gasteiger charge is 2.42. The zero-order valence-corrected chi connectivity index (χ0v) is 26.0. The number of alkyl halides is 3. The number of imidazole rings is 1. The number of nitriles is 1. The molecule has 5 aromatic rings. The van der Waals surface area contributed by atoms with Crippen molar-refractivity contribution in [3.05, 3.63) is 83.2 Å². The van der Waals surface area contributed by atoms with E-state index < -0.39 is 17.8 Å². The van der Waals surface area contributed by atoms with Crippen LogP contribution in [0.5, 0.6) is 11.5 Å². The number of benzene rings is 2. The van der Waals surface area contributed by atoms with Crippen molar-refractivity contribution in [2.75, 3.05) is 19.7 Å². The molecule has 2 atom stereocenters. The average molecular weight is 657 g/mol. The highest BCUT2D eigenvalue weighted by molar-refractivity contribution is 5.81. The van der Waals surface area contributed by atoms with Gasteiger partial charge in [0.05, 0.1) is 35.8 Å². The molecular weight excluding hydrogens is 625 g/mol. The molecule has 11 nitrogen and oxygen atoms in total. The number of aromatic nitrogens is 6. The van der Waals surface area contributed by atoms with E-state index in [1.54, 1.807) is 24.3 Å². The van der Waals surface area contributed by atoms with Gasteiger partial charge in [-0.1, -0.05) is 12.1 Å². The lowest BCUT2D eigenvalue weighted by atomic mass is 9.88. The molecule has 0 saturated carbocycles. The molecule has 2 aromatic carbocycles. The van der Waals surface area contributed by atoms with Gasteiger partial charge in [0.25, 0.3) is 5.79 Å². The first-order chi connectivity index (χ1) is 23.2. The Morgan fingerprint density at radius 2 is 1.90 bits per heavy atom. The molecule has 0 spiro atoms.